The zero-order valence-corrected chi connectivity index (χ0v) is 24.8. The minimum atomic E-state index is -4.05. The minimum absolute atomic E-state index is 0.0291. The van der Waals surface area contributed by atoms with Crippen molar-refractivity contribution < 1.29 is 13.2 Å². The van der Waals surface area contributed by atoms with Crippen LogP contribution in [0.1, 0.15) is 54.2 Å². The van der Waals surface area contributed by atoms with Gasteiger partial charge in [-0.15, -0.1) is 0 Å². The average Bonchev–Trinajstić information content (AvgIpc) is 2.80. The zero-order valence-electron chi connectivity index (χ0n) is 22.5. The van der Waals surface area contributed by atoms with Gasteiger partial charge in [0.15, 0.2) is 0 Å². The Balaban J connectivity index is 1.85. The van der Waals surface area contributed by atoms with Gasteiger partial charge < -0.3 is 0 Å². The van der Waals surface area contributed by atoms with Gasteiger partial charge in [-0.25, -0.2) is 13.8 Å². The summed E-state index contributed by atoms with van der Waals surface area (Å²) in [6, 6.07) is 16.4. The maximum atomic E-state index is 13.8. The molecule has 0 aliphatic carbocycles. The van der Waals surface area contributed by atoms with Crippen molar-refractivity contribution in [3.63, 3.8) is 0 Å². The number of nitrogens with zero attached hydrogens (tertiary/aromatic N) is 2. The number of sulfonamides is 1. The largest absolute Gasteiger partial charge is 0.272 e. The summed E-state index contributed by atoms with van der Waals surface area (Å²) in [5.74, 6) is -0.571. The molecule has 0 aromatic heterocycles. The first-order valence-corrected chi connectivity index (χ1v) is 14.3. The number of amides is 1. The predicted octanol–water partition coefficient (Wildman–Crippen LogP) is 6.56. The van der Waals surface area contributed by atoms with E-state index in [9.17, 15) is 13.2 Å². The number of halogens is 2. The summed E-state index contributed by atoms with van der Waals surface area (Å²) in [7, 11) is -4.05. The Morgan fingerprint density at radius 2 is 1.55 bits per heavy atom. The third kappa shape index (κ3) is 7.44. The molecule has 0 radical (unpaired) electrons. The lowest BCUT2D eigenvalue weighted by atomic mass is 9.87. The molecule has 202 valence electrons. The van der Waals surface area contributed by atoms with Gasteiger partial charge in [-0.3, -0.25) is 4.79 Å². The van der Waals surface area contributed by atoms with E-state index in [1.165, 1.54) is 11.8 Å². The molecule has 3 aromatic carbocycles. The summed E-state index contributed by atoms with van der Waals surface area (Å²) < 4.78 is 28.8. The summed E-state index contributed by atoms with van der Waals surface area (Å²) in [5.41, 5.74) is 7.25. The molecular formula is C29H33Cl2N3O3S. The summed E-state index contributed by atoms with van der Waals surface area (Å²) in [5, 5.41) is 4.70. The number of carbonyl (C=O) groups is 1. The van der Waals surface area contributed by atoms with Crippen LogP contribution in [-0.4, -0.2) is 31.4 Å². The fraction of sp³-hybridized carbons (Fsp3) is 0.310. The second kappa shape index (κ2) is 12.0. The Morgan fingerprint density at radius 1 is 0.947 bits per heavy atom. The van der Waals surface area contributed by atoms with Gasteiger partial charge in [-0.2, -0.15) is 9.41 Å². The molecule has 0 saturated heterocycles. The van der Waals surface area contributed by atoms with Crippen LogP contribution in [0.4, 0.5) is 0 Å². The topological polar surface area (TPSA) is 78.8 Å². The van der Waals surface area contributed by atoms with Gasteiger partial charge in [0.05, 0.1) is 27.7 Å². The Morgan fingerprint density at radius 3 is 2.11 bits per heavy atom. The Bertz CT molecular complexity index is 1440. The van der Waals surface area contributed by atoms with Crippen molar-refractivity contribution >= 4 is 45.3 Å². The summed E-state index contributed by atoms with van der Waals surface area (Å²) >= 11 is 12.2. The minimum Gasteiger partial charge on any atom is -0.272 e. The van der Waals surface area contributed by atoms with E-state index in [4.69, 9.17) is 23.2 Å². The highest BCUT2D eigenvalue weighted by atomic mass is 35.5. The molecule has 0 spiro atoms. The number of hydrogen-bond donors (Lipinski definition) is 1. The van der Waals surface area contributed by atoms with Crippen molar-refractivity contribution in [2.45, 2.75) is 58.4 Å². The van der Waals surface area contributed by atoms with Crippen LogP contribution in [-0.2, 0) is 26.8 Å². The molecule has 9 heteroatoms. The first-order valence-electron chi connectivity index (χ1n) is 12.1. The molecule has 0 aliphatic heterocycles. The van der Waals surface area contributed by atoms with Crippen molar-refractivity contribution in [3.05, 3.63) is 98.0 Å². The second-order valence-corrected chi connectivity index (χ2v) is 13.1. The molecule has 3 aromatic rings. The first-order chi connectivity index (χ1) is 17.7. The van der Waals surface area contributed by atoms with Crippen molar-refractivity contribution in [2.75, 3.05) is 6.54 Å². The van der Waals surface area contributed by atoms with Crippen LogP contribution in [0.5, 0.6) is 0 Å². The van der Waals surface area contributed by atoms with Crippen LogP contribution in [0.3, 0.4) is 0 Å². The zero-order chi connectivity index (χ0) is 28.3. The van der Waals surface area contributed by atoms with Gasteiger partial charge in [0, 0.05) is 6.54 Å². The maximum Gasteiger partial charge on any atom is 0.255 e. The number of carbonyl (C=O) groups excluding carboxylic acids is 1. The van der Waals surface area contributed by atoms with Gasteiger partial charge in [0.1, 0.15) is 0 Å². The van der Waals surface area contributed by atoms with Gasteiger partial charge in [0.25, 0.3) is 5.91 Å². The molecule has 0 fully saturated rings. The molecule has 0 unspecified atom stereocenters. The highest BCUT2D eigenvalue weighted by Gasteiger charge is 2.30. The van der Waals surface area contributed by atoms with Crippen molar-refractivity contribution in [1.29, 1.82) is 0 Å². The standard InChI is InChI=1S/C29H33Cl2N3O3S/c1-19-13-20(2)28(21(3)14-19)38(36,37)34(17-23-9-12-25(30)26(31)15-23)18-27(35)33-32-16-22-7-10-24(11-8-22)29(4,5)6/h7-16H,17-18H2,1-6H3,(H,33,35)/b32-16+. The molecule has 6 nitrogen and oxygen atoms in total. The average molecular weight is 575 g/mol. The first kappa shape index (κ1) is 29.8. The SMILES string of the molecule is Cc1cc(C)c(S(=O)(=O)N(CC(=O)N/N=C/c2ccc(C(C)(C)C)cc2)Cc2ccc(Cl)c(Cl)c2)c(C)c1. The Labute approximate surface area is 235 Å². The van der Waals surface area contributed by atoms with Gasteiger partial charge in [0.2, 0.25) is 10.0 Å². The number of aryl methyl sites for hydroxylation is 3. The summed E-state index contributed by atoms with van der Waals surface area (Å²) in [6.07, 6.45) is 1.52. The molecule has 0 atom stereocenters. The molecule has 0 bridgehead atoms. The lowest BCUT2D eigenvalue weighted by molar-refractivity contribution is -0.121. The van der Waals surface area contributed by atoms with E-state index in [2.05, 4.69) is 31.3 Å². The number of nitrogens with one attached hydrogen (secondary N) is 1. The van der Waals surface area contributed by atoms with E-state index >= 15 is 0 Å². The summed E-state index contributed by atoms with van der Waals surface area (Å²) in [6.45, 7) is 11.3. The number of hydrazone groups is 1. The molecule has 1 N–H and O–H groups in total. The van der Waals surface area contributed by atoms with Gasteiger partial charge in [-0.05, 0) is 66.1 Å². The molecule has 1 amide bonds. The normalized spacial score (nSPS) is 12.3. The fourth-order valence-corrected chi connectivity index (χ4v) is 6.33. The maximum absolute atomic E-state index is 13.8. The van der Waals surface area contributed by atoms with E-state index in [-0.39, 0.29) is 16.9 Å². The number of benzene rings is 3. The van der Waals surface area contributed by atoms with Crippen molar-refractivity contribution in [2.24, 2.45) is 5.10 Å². The van der Waals surface area contributed by atoms with Crippen LogP contribution in [0.15, 0.2) is 64.6 Å². The molecule has 0 aliphatic rings. The second-order valence-electron chi connectivity index (χ2n) is 10.4. The van der Waals surface area contributed by atoms with E-state index < -0.39 is 22.5 Å². The van der Waals surface area contributed by atoms with Crippen LogP contribution < -0.4 is 5.43 Å². The monoisotopic (exact) mass is 573 g/mol. The van der Waals surface area contributed by atoms with Crippen LogP contribution in [0.2, 0.25) is 10.0 Å². The van der Waals surface area contributed by atoms with E-state index in [1.807, 2.05) is 43.3 Å². The molecule has 38 heavy (non-hydrogen) atoms. The molecule has 0 heterocycles. The van der Waals surface area contributed by atoms with Crippen LogP contribution >= 0.6 is 23.2 Å². The highest BCUT2D eigenvalue weighted by molar-refractivity contribution is 7.89. The number of rotatable bonds is 8. The molecular weight excluding hydrogens is 541 g/mol. The lowest BCUT2D eigenvalue weighted by Crippen LogP contribution is -2.39. The number of hydrogen-bond acceptors (Lipinski definition) is 4. The summed E-state index contributed by atoms with van der Waals surface area (Å²) in [4.78, 5) is 13.0. The van der Waals surface area contributed by atoms with Gasteiger partial charge in [-0.1, -0.05) is 92.0 Å². The Hall–Kier alpha value is -2.71. The quantitative estimate of drug-likeness (QED) is 0.245. The lowest BCUT2D eigenvalue weighted by Gasteiger charge is -2.24. The van der Waals surface area contributed by atoms with E-state index in [1.54, 1.807) is 32.0 Å². The van der Waals surface area contributed by atoms with E-state index in [0.29, 0.717) is 26.7 Å². The third-order valence-electron chi connectivity index (χ3n) is 6.05. The van der Waals surface area contributed by atoms with Crippen molar-refractivity contribution in [3.8, 4) is 0 Å². The Kier molecular flexibility index (Phi) is 9.42. The fourth-order valence-electron chi connectivity index (χ4n) is 4.21. The van der Waals surface area contributed by atoms with Gasteiger partial charge >= 0.3 is 0 Å². The molecule has 3 rings (SSSR count). The highest BCUT2D eigenvalue weighted by Crippen LogP contribution is 2.28. The molecule has 0 saturated carbocycles. The third-order valence-corrected chi connectivity index (χ3v) is 8.88. The van der Waals surface area contributed by atoms with Crippen LogP contribution in [0.25, 0.3) is 0 Å². The van der Waals surface area contributed by atoms with Crippen molar-refractivity contribution in [1.82, 2.24) is 9.73 Å². The van der Waals surface area contributed by atoms with E-state index in [0.717, 1.165) is 15.4 Å². The predicted molar refractivity (Wildman–Crippen MR) is 156 cm³/mol. The van der Waals surface area contributed by atoms with Crippen LogP contribution in [0, 0.1) is 20.8 Å². The smallest absolute Gasteiger partial charge is 0.255 e.